The highest BCUT2D eigenvalue weighted by atomic mass is 19.3. The molecule has 10 heteroatoms. The molecule has 3 aromatic carbocycles. The zero-order valence-corrected chi connectivity index (χ0v) is 20.6. The lowest BCUT2D eigenvalue weighted by Gasteiger charge is -2.29. The van der Waals surface area contributed by atoms with Gasteiger partial charge in [0.05, 0.1) is 18.8 Å². The van der Waals surface area contributed by atoms with E-state index in [4.69, 9.17) is 9.47 Å². The molecule has 0 N–H and O–H groups in total. The average molecular weight is 542 g/mol. The highest BCUT2D eigenvalue weighted by Crippen LogP contribution is 2.38. The number of ether oxygens (including phenoxy) is 3. The fraction of sp³-hybridized carbons (Fsp3) is 0.357. The lowest BCUT2D eigenvalue weighted by atomic mass is 10.0. The van der Waals surface area contributed by atoms with Gasteiger partial charge in [0.15, 0.2) is 23.7 Å². The van der Waals surface area contributed by atoms with Crippen molar-refractivity contribution in [2.45, 2.75) is 45.5 Å². The van der Waals surface area contributed by atoms with Crippen LogP contribution in [0.3, 0.4) is 0 Å². The number of halogens is 7. The summed E-state index contributed by atoms with van der Waals surface area (Å²) in [6.07, 6.45) is -2.21. The first-order valence-electron chi connectivity index (χ1n) is 12.0. The second-order valence-corrected chi connectivity index (χ2v) is 9.20. The molecule has 38 heavy (non-hydrogen) atoms. The molecule has 1 aliphatic rings. The summed E-state index contributed by atoms with van der Waals surface area (Å²) >= 11 is 0. The summed E-state index contributed by atoms with van der Waals surface area (Å²) in [5.41, 5.74) is -1.89. The fourth-order valence-electron chi connectivity index (χ4n) is 4.12. The van der Waals surface area contributed by atoms with Crippen LogP contribution in [-0.2, 0) is 15.6 Å². The van der Waals surface area contributed by atoms with E-state index >= 15 is 0 Å². The standard InChI is InChI=1S/C28H25F7O3/c1-3-4-5-16-13-36-27(37-14-16)17-6-7-20(23(31)8-17)18-9-24(32)26(25(33)10-18)38-28(34,35)19-11-21(29)15(2)22(30)12-19/h6-12,16,27H,3-5,13-14H2,1-2H3. The fourth-order valence-corrected chi connectivity index (χ4v) is 4.12. The van der Waals surface area contributed by atoms with E-state index in [9.17, 15) is 30.7 Å². The zero-order valence-electron chi connectivity index (χ0n) is 20.6. The normalized spacial score (nSPS) is 18.0. The molecule has 0 radical (unpaired) electrons. The maximum atomic E-state index is 14.9. The molecule has 0 aromatic heterocycles. The summed E-state index contributed by atoms with van der Waals surface area (Å²) < 4.78 is 116. The summed E-state index contributed by atoms with van der Waals surface area (Å²) in [6.45, 7) is 4.04. The van der Waals surface area contributed by atoms with E-state index in [2.05, 4.69) is 11.7 Å². The molecule has 0 spiro atoms. The molecule has 0 bridgehead atoms. The number of alkyl halides is 2. The Morgan fingerprint density at radius 1 is 0.842 bits per heavy atom. The van der Waals surface area contributed by atoms with E-state index < -0.39 is 58.4 Å². The molecule has 4 rings (SSSR count). The van der Waals surface area contributed by atoms with Gasteiger partial charge >= 0.3 is 6.11 Å². The number of rotatable bonds is 8. The third kappa shape index (κ3) is 5.96. The van der Waals surface area contributed by atoms with Crippen molar-refractivity contribution in [3.05, 3.63) is 88.2 Å². The molecule has 1 aliphatic heterocycles. The molecule has 1 saturated heterocycles. The highest BCUT2D eigenvalue weighted by molar-refractivity contribution is 5.66. The summed E-state index contributed by atoms with van der Waals surface area (Å²) in [5, 5.41) is 0. The van der Waals surface area contributed by atoms with Crippen LogP contribution in [0.25, 0.3) is 11.1 Å². The molecule has 204 valence electrons. The predicted octanol–water partition coefficient (Wildman–Crippen LogP) is 8.34. The Bertz CT molecular complexity index is 1260. The Morgan fingerprint density at radius 3 is 2.00 bits per heavy atom. The second kappa shape index (κ2) is 11.3. The molecule has 3 nitrogen and oxygen atoms in total. The summed E-state index contributed by atoms with van der Waals surface area (Å²) in [4.78, 5) is 0. The first-order chi connectivity index (χ1) is 18.0. The molecular formula is C28H25F7O3. The van der Waals surface area contributed by atoms with Gasteiger partial charge in [-0.3, -0.25) is 0 Å². The van der Waals surface area contributed by atoms with Gasteiger partial charge in [-0.25, -0.2) is 22.0 Å². The van der Waals surface area contributed by atoms with Crippen molar-refractivity contribution >= 4 is 0 Å². The average Bonchev–Trinajstić information content (AvgIpc) is 2.88. The maximum Gasteiger partial charge on any atom is 0.427 e. The van der Waals surface area contributed by atoms with Crippen molar-refractivity contribution < 1.29 is 44.9 Å². The second-order valence-electron chi connectivity index (χ2n) is 9.20. The minimum Gasteiger partial charge on any atom is -0.423 e. The first-order valence-corrected chi connectivity index (χ1v) is 12.0. The van der Waals surface area contributed by atoms with E-state index in [1.54, 1.807) is 0 Å². The minimum absolute atomic E-state index is 0.204. The van der Waals surface area contributed by atoms with E-state index in [1.807, 2.05) is 0 Å². The van der Waals surface area contributed by atoms with Gasteiger partial charge in [-0.2, -0.15) is 8.78 Å². The van der Waals surface area contributed by atoms with Gasteiger partial charge in [0.1, 0.15) is 17.5 Å². The Hall–Kier alpha value is -3.11. The molecule has 0 atom stereocenters. The molecule has 0 unspecified atom stereocenters. The maximum absolute atomic E-state index is 14.9. The van der Waals surface area contributed by atoms with Crippen LogP contribution in [0.2, 0.25) is 0 Å². The van der Waals surface area contributed by atoms with Crippen LogP contribution in [-0.4, -0.2) is 13.2 Å². The van der Waals surface area contributed by atoms with Crippen molar-refractivity contribution in [2.75, 3.05) is 13.2 Å². The van der Waals surface area contributed by atoms with E-state index in [1.165, 1.54) is 12.1 Å². The topological polar surface area (TPSA) is 27.7 Å². The van der Waals surface area contributed by atoms with Gasteiger partial charge in [0.2, 0.25) is 0 Å². The van der Waals surface area contributed by atoms with Crippen LogP contribution in [0, 0.1) is 41.9 Å². The van der Waals surface area contributed by atoms with Gasteiger partial charge in [-0.15, -0.1) is 0 Å². The van der Waals surface area contributed by atoms with Gasteiger partial charge in [-0.1, -0.05) is 31.9 Å². The van der Waals surface area contributed by atoms with Crippen molar-refractivity contribution in [2.24, 2.45) is 5.92 Å². The zero-order chi connectivity index (χ0) is 27.6. The van der Waals surface area contributed by atoms with Crippen molar-refractivity contribution in [1.82, 2.24) is 0 Å². The van der Waals surface area contributed by atoms with E-state index in [-0.39, 0.29) is 17.0 Å². The van der Waals surface area contributed by atoms with E-state index in [0.29, 0.717) is 43.0 Å². The van der Waals surface area contributed by atoms with Crippen molar-refractivity contribution in [1.29, 1.82) is 0 Å². The summed E-state index contributed by atoms with van der Waals surface area (Å²) in [7, 11) is 0. The van der Waals surface area contributed by atoms with Crippen LogP contribution < -0.4 is 4.74 Å². The van der Waals surface area contributed by atoms with Crippen molar-refractivity contribution in [3.8, 4) is 16.9 Å². The Balaban J connectivity index is 1.53. The van der Waals surface area contributed by atoms with Gasteiger partial charge in [-0.05, 0) is 49.2 Å². The van der Waals surface area contributed by atoms with Crippen molar-refractivity contribution in [3.63, 3.8) is 0 Å². The Morgan fingerprint density at radius 2 is 1.45 bits per heavy atom. The summed E-state index contributed by atoms with van der Waals surface area (Å²) in [5.74, 6) is -7.76. The largest absolute Gasteiger partial charge is 0.427 e. The van der Waals surface area contributed by atoms with Gasteiger partial charge in [0, 0.05) is 22.6 Å². The number of hydrogen-bond donors (Lipinski definition) is 0. The summed E-state index contributed by atoms with van der Waals surface area (Å²) in [6, 6.07) is 5.71. The monoisotopic (exact) mass is 542 g/mol. The van der Waals surface area contributed by atoms with Crippen LogP contribution in [0.15, 0.2) is 42.5 Å². The Kier molecular flexibility index (Phi) is 8.32. The lowest BCUT2D eigenvalue weighted by molar-refractivity contribution is -0.206. The lowest BCUT2D eigenvalue weighted by Crippen LogP contribution is -2.27. The smallest absolute Gasteiger partial charge is 0.423 e. The molecule has 0 saturated carbocycles. The van der Waals surface area contributed by atoms with Crippen LogP contribution >= 0.6 is 0 Å². The highest BCUT2D eigenvalue weighted by Gasteiger charge is 2.38. The first kappa shape index (κ1) is 27.9. The van der Waals surface area contributed by atoms with Gasteiger partial charge in [0.25, 0.3) is 0 Å². The Labute approximate surface area is 215 Å². The predicted molar refractivity (Wildman–Crippen MR) is 125 cm³/mol. The van der Waals surface area contributed by atoms with Crippen LogP contribution in [0.4, 0.5) is 30.7 Å². The molecule has 1 heterocycles. The third-order valence-electron chi connectivity index (χ3n) is 6.35. The van der Waals surface area contributed by atoms with Gasteiger partial charge < -0.3 is 14.2 Å². The van der Waals surface area contributed by atoms with Crippen LogP contribution in [0.1, 0.15) is 49.2 Å². The number of unbranched alkanes of at least 4 members (excludes halogenated alkanes) is 1. The minimum atomic E-state index is -4.47. The quantitative estimate of drug-likeness (QED) is 0.268. The van der Waals surface area contributed by atoms with Crippen LogP contribution in [0.5, 0.6) is 5.75 Å². The SMILES string of the molecule is CCCCC1COC(c2ccc(-c3cc(F)c(OC(F)(F)c4cc(F)c(C)c(F)c4)c(F)c3)c(F)c2)OC1. The molecule has 0 amide bonds. The molecule has 1 fully saturated rings. The number of hydrogen-bond acceptors (Lipinski definition) is 3. The molecule has 3 aromatic rings. The van der Waals surface area contributed by atoms with E-state index in [0.717, 1.165) is 32.3 Å². The third-order valence-corrected chi connectivity index (χ3v) is 6.35. The number of benzene rings is 3. The molecule has 0 aliphatic carbocycles. The molecular weight excluding hydrogens is 517 g/mol.